The fourth-order valence-electron chi connectivity index (χ4n) is 1.76. The number of nitrogens with zero attached hydrogens (tertiary/aromatic N) is 1. The molecule has 1 aromatic carbocycles. The number of hydrazone groups is 1. The maximum Gasteiger partial charge on any atom is 0.240 e. The van der Waals surface area contributed by atoms with Gasteiger partial charge in [0.2, 0.25) is 11.8 Å². The number of nitrogens with one attached hydrogen (secondary N) is 3. The predicted octanol–water partition coefficient (Wildman–Crippen LogP) is 2.42. The minimum atomic E-state index is -0.557. The maximum atomic E-state index is 12.8. The largest absolute Gasteiger partial charge is 0.326 e. The number of allylic oxidation sites excluding steroid dienone is 1. The Kier molecular flexibility index (Phi) is 5.97. The second kappa shape index (κ2) is 7.96. The van der Waals surface area contributed by atoms with Crippen LogP contribution in [0, 0.1) is 11.7 Å². The second-order valence-electron chi connectivity index (χ2n) is 5.56. The topological polar surface area (TPSA) is 82.6 Å². The van der Waals surface area contributed by atoms with Crippen LogP contribution in [0.4, 0.5) is 10.1 Å². The molecule has 128 valence electrons. The molecular formula is C16H19FN4O2S. The Morgan fingerprint density at radius 3 is 2.71 bits per heavy atom. The van der Waals surface area contributed by atoms with Gasteiger partial charge in [-0.15, -0.1) is 0 Å². The molecule has 3 N–H and O–H groups in total. The van der Waals surface area contributed by atoms with E-state index in [0.717, 1.165) is 5.70 Å². The highest BCUT2D eigenvalue weighted by Crippen LogP contribution is 2.23. The number of benzene rings is 1. The molecular weight excluding hydrogens is 331 g/mol. The number of anilines is 1. The lowest BCUT2D eigenvalue weighted by Crippen LogP contribution is -2.28. The average molecular weight is 350 g/mol. The summed E-state index contributed by atoms with van der Waals surface area (Å²) < 4.78 is 12.8. The Labute approximate surface area is 144 Å². The van der Waals surface area contributed by atoms with E-state index in [2.05, 4.69) is 27.7 Å². The van der Waals surface area contributed by atoms with E-state index in [1.807, 2.05) is 13.8 Å². The molecule has 0 unspecified atom stereocenters. The highest BCUT2D eigenvalue weighted by atomic mass is 32.2. The lowest BCUT2D eigenvalue weighted by atomic mass is 10.2. The van der Waals surface area contributed by atoms with Gasteiger partial charge in [-0.2, -0.15) is 5.10 Å². The summed E-state index contributed by atoms with van der Waals surface area (Å²) in [5.41, 5.74) is 4.00. The molecule has 0 spiro atoms. The van der Waals surface area contributed by atoms with Crippen molar-refractivity contribution in [1.82, 2.24) is 10.7 Å². The number of thioether (sulfide) groups is 1. The minimum Gasteiger partial charge on any atom is -0.326 e. The van der Waals surface area contributed by atoms with E-state index < -0.39 is 5.25 Å². The van der Waals surface area contributed by atoms with E-state index in [1.165, 1.54) is 36.0 Å². The Morgan fingerprint density at radius 2 is 2.08 bits per heavy atom. The first kappa shape index (κ1) is 18.0. The number of carbonyl (C=O) groups excluding carboxylic acids is 2. The van der Waals surface area contributed by atoms with Crippen LogP contribution < -0.4 is 16.1 Å². The van der Waals surface area contributed by atoms with Crippen LogP contribution in [-0.2, 0) is 9.59 Å². The van der Waals surface area contributed by atoms with Crippen molar-refractivity contribution >= 4 is 34.4 Å². The third-order valence-corrected chi connectivity index (χ3v) is 4.36. The van der Waals surface area contributed by atoms with Gasteiger partial charge < -0.3 is 10.6 Å². The van der Waals surface area contributed by atoms with Gasteiger partial charge >= 0.3 is 0 Å². The Morgan fingerprint density at radius 1 is 1.42 bits per heavy atom. The zero-order valence-corrected chi connectivity index (χ0v) is 14.2. The smallest absolute Gasteiger partial charge is 0.240 e. The van der Waals surface area contributed by atoms with E-state index in [-0.39, 0.29) is 30.0 Å². The van der Waals surface area contributed by atoms with Gasteiger partial charge in [0, 0.05) is 17.8 Å². The zero-order valence-electron chi connectivity index (χ0n) is 13.4. The third-order valence-electron chi connectivity index (χ3n) is 3.27. The van der Waals surface area contributed by atoms with Gasteiger partial charge in [0.1, 0.15) is 11.1 Å². The van der Waals surface area contributed by atoms with Crippen LogP contribution in [0.1, 0.15) is 20.3 Å². The summed E-state index contributed by atoms with van der Waals surface area (Å²) in [6.07, 6.45) is -0.00196. The first-order valence-electron chi connectivity index (χ1n) is 7.40. The van der Waals surface area contributed by atoms with Crippen molar-refractivity contribution in [1.29, 1.82) is 0 Å². The quantitative estimate of drug-likeness (QED) is 0.688. The van der Waals surface area contributed by atoms with E-state index in [4.69, 9.17) is 0 Å². The first-order chi connectivity index (χ1) is 11.3. The Balaban J connectivity index is 1.87. The fraction of sp³-hybridized carbons (Fsp3) is 0.312. The summed E-state index contributed by atoms with van der Waals surface area (Å²) in [6.45, 7) is 7.77. The number of rotatable bonds is 6. The summed E-state index contributed by atoms with van der Waals surface area (Å²) >= 11 is 1.18. The van der Waals surface area contributed by atoms with Crippen molar-refractivity contribution < 1.29 is 14.0 Å². The standard InChI is InChI=1S/C16H19FN4O2S/c1-9(2)10(3)20-21-16-19-15(23)13(24-16)8-14(22)18-12-6-4-11(17)5-7-12/h4-7,9,13,20H,3,8H2,1-2H3,(H,18,22)(H,19,21,23)/t13-/m0/s1. The molecule has 0 aliphatic carbocycles. The molecule has 2 rings (SSSR count). The lowest BCUT2D eigenvalue weighted by Gasteiger charge is -2.08. The summed E-state index contributed by atoms with van der Waals surface area (Å²) in [4.78, 5) is 23.9. The van der Waals surface area contributed by atoms with Gasteiger partial charge in [-0.25, -0.2) is 4.39 Å². The number of carbonyl (C=O) groups is 2. The molecule has 1 heterocycles. The molecule has 6 nitrogen and oxygen atoms in total. The van der Waals surface area contributed by atoms with Crippen LogP contribution in [0.3, 0.4) is 0 Å². The van der Waals surface area contributed by atoms with Gasteiger partial charge in [-0.1, -0.05) is 32.2 Å². The van der Waals surface area contributed by atoms with E-state index in [1.54, 1.807) is 0 Å². The second-order valence-corrected chi connectivity index (χ2v) is 6.76. The molecule has 1 aliphatic heterocycles. The highest BCUT2D eigenvalue weighted by molar-refractivity contribution is 8.15. The van der Waals surface area contributed by atoms with Crippen molar-refractivity contribution in [2.75, 3.05) is 5.32 Å². The molecule has 8 heteroatoms. The summed E-state index contributed by atoms with van der Waals surface area (Å²) in [5, 5.41) is 9.16. The van der Waals surface area contributed by atoms with Gasteiger partial charge in [0.25, 0.3) is 0 Å². The molecule has 2 amide bonds. The van der Waals surface area contributed by atoms with Gasteiger partial charge in [0.05, 0.1) is 0 Å². The van der Waals surface area contributed by atoms with Crippen LogP contribution in [-0.4, -0.2) is 22.2 Å². The van der Waals surface area contributed by atoms with Gasteiger partial charge in [-0.05, 0) is 30.2 Å². The van der Waals surface area contributed by atoms with Crippen LogP contribution in [0.2, 0.25) is 0 Å². The molecule has 1 fully saturated rings. The molecule has 0 saturated carbocycles. The molecule has 1 aliphatic rings. The number of amidine groups is 1. The molecule has 1 saturated heterocycles. The lowest BCUT2D eigenvalue weighted by molar-refractivity contribution is -0.122. The molecule has 1 atom stereocenters. The van der Waals surface area contributed by atoms with E-state index >= 15 is 0 Å². The monoisotopic (exact) mass is 350 g/mol. The molecule has 0 aromatic heterocycles. The average Bonchev–Trinajstić information content (AvgIpc) is 2.87. The van der Waals surface area contributed by atoms with Crippen LogP contribution >= 0.6 is 11.8 Å². The fourth-order valence-corrected chi connectivity index (χ4v) is 2.69. The molecule has 0 radical (unpaired) electrons. The number of hydrogen-bond acceptors (Lipinski definition) is 5. The molecule has 1 aromatic rings. The third kappa shape index (κ3) is 5.09. The normalized spacial score (nSPS) is 18.6. The van der Waals surface area contributed by atoms with E-state index in [0.29, 0.717) is 10.9 Å². The van der Waals surface area contributed by atoms with E-state index in [9.17, 15) is 14.0 Å². The number of halogens is 1. The molecule has 24 heavy (non-hydrogen) atoms. The van der Waals surface area contributed by atoms with Crippen molar-refractivity contribution in [3.63, 3.8) is 0 Å². The van der Waals surface area contributed by atoms with Crippen molar-refractivity contribution in [2.45, 2.75) is 25.5 Å². The highest BCUT2D eigenvalue weighted by Gasteiger charge is 2.32. The number of hydrogen-bond donors (Lipinski definition) is 3. The molecule has 0 bridgehead atoms. The van der Waals surface area contributed by atoms with Crippen molar-refractivity contribution in [2.24, 2.45) is 11.0 Å². The summed E-state index contributed by atoms with van der Waals surface area (Å²) in [7, 11) is 0. The van der Waals surface area contributed by atoms with Crippen molar-refractivity contribution in [3.8, 4) is 0 Å². The van der Waals surface area contributed by atoms with Crippen molar-refractivity contribution in [3.05, 3.63) is 42.4 Å². The van der Waals surface area contributed by atoms with Crippen LogP contribution in [0.15, 0.2) is 41.6 Å². The Hall–Kier alpha value is -2.35. The summed E-state index contributed by atoms with van der Waals surface area (Å²) in [6, 6.07) is 5.43. The van der Waals surface area contributed by atoms with Gasteiger partial charge in [0.15, 0.2) is 5.17 Å². The van der Waals surface area contributed by atoms with Gasteiger partial charge in [-0.3, -0.25) is 15.0 Å². The predicted molar refractivity (Wildman–Crippen MR) is 93.7 cm³/mol. The number of amides is 2. The maximum absolute atomic E-state index is 12.8. The van der Waals surface area contributed by atoms with Crippen LogP contribution in [0.25, 0.3) is 0 Å². The zero-order chi connectivity index (χ0) is 17.7. The SMILES string of the molecule is C=C(N/N=C1\NC(=O)[C@H](CC(=O)Nc2ccc(F)cc2)S1)C(C)C. The first-order valence-corrected chi connectivity index (χ1v) is 8.28. The summed E-state index contributed by atoms with van der Waals surface area (Å²) in [5.74, 6) is -0.760. The minimum absolute atomic E-state index is 0.00196. The van der Waals surface area contributed by atoms with Crippen LogP contribution in [0.5, 0.6) is 0 Å². The Bertz CT molecular complexity index is 673.